The smallest absolute Gasteiger partial charge is 0.264 e. The minimum atomic E-state index is -3.67. The first-order valence-electron chi connectivity index (χ1n) is 8.78. The van der Waals surface area contributed by atoms with Crippen LogP contribution in [0.4, 0.5) is 11.4 Å². The SMILES string of the molecule is CCN(c1cccc(C)c1)S(=O)(=O)c1ccc2c(c1)CC(C)N2C(C)=O. The Bertz CT molecular complexity index is 953. The molecule has 1 heterocycles. The number of sulfonamides is 1. The van der Waals surface area contributed by atoms with Crippen LogP contribution in [-0.2, 0) is 21.2 Å². The number of hydrogen-bond acceptors (Lipinski definition) is 3. The molecule has 138 valence electrons. The Morgan fingerprint density at radius 1 is 1.23 bits per heavy atom. The second kappa shape index (κ2) is 6.76. The molecule has 3 rings (SSSR count). The van der Waals surface area contributed by atoms with Gasteiger partial charge in [-0.3, -0.25) is 9.10 Å². The van der Waals surface area contributed by atoms with Gasteiger partial charge in [0.05, 0.1) is 10.6 Å². The normalized spacial score (nSPS) is 16.5. The van der Waals surface area contributed by atoms with Crippen LogP contribution >= 0.6 is 0 Å². The molecule has 1 amide bonds. The summed E-state index contributed by atoms with van der Waals surface area (Å²) in [4.78, 5) is 13.9. The molecule has 26 heavy (non-hydrogen) atoms. The standard InChI is InChI=1S/C20H24N2O3S/c1-5-21(18-8-6-7-14(2)11-18)26(24,25)19-9-10-20-17(13-19)12-15(3)22(20)16(4)23/h6-11,13,15H,5,12H2,1-4H3. The molecule has 0 N–H and O–H groups in total. The average molecular weight is 372 g/mol. The van der Waals surface area contributed by atoms with E-state index in [1.807, 2.05) is 39.0 Å². The predicted molar refractivity (Wildman–Crippen MR) is 104 cm³/mol. The van der Waals surface area contributed by atoms with Gasteiger partial charge in [0.1, 0.15) is 0 Å². The van der Waals surface area contributed by atoms with Crippen LogP contribution in [-0.4, -0.2) is 26.9 Å². The van der Waals surface area contributed by atoms with E-state index in [9.17, 15) is 13.2 Å². The number of anilines is 2. The van der Waals surface area contributed by atoms with Gasteiger partial charge < -0.3 is 4.90 Å². The summed E-state index contributed by atoms with van der Waals surface area (Å²) in [6.07, 6.45) is 0.662. The van der Waals surface area contributed by atoms with Gasteiger partial charge >= 0.3 is 0 Å². The van der Waals surface area contributed by atoms with E-state index in [2.05, 4.69) is 0 Å². The third kappa shape index (κ3) is 3.09. The van der Waals surface area contributed by atoms with Crippen molar-refractivity contribution < 1.29 is 13.2 Å². The summed E-state index contributed by atoms with van der Waals surface area (Å²) < 4.78 is 27.9. The average Bonchev–Trinajstić information content (AvgIpc) is 2.90. The van der Waals surface area contributed by atoms with Crippen molar-refractivity contribution in [2.24, 2.45) is 0 Å². The molecule has 1 atom stereocenters. The molecule has 0 saturated carbocycles. The minimum Gasteiger partial charge on any atom is -0.309 e. The maximum absolute atomic E-state index is 13.2. The van der Waals surface area contributed by atoms with Gasteiger partial charge in [0, 0.05) is 25.2 Å². The summed E-state index contributed by atoms with van der Waals surface area (Å²) in [6.45, 7) is 7.62. The van der Waals surface area contributed by atoms with Crippen molar-refractivity contribution in [2.75, 3.05) is 15.7 Å². The molecule has 2 aromatic carbocycles. The second-order valence-electron chi connectivity index (χ2n) is 6.74. The van der Waals surface area contributed by atoms with E-state index < -0.39 is 10.0 Å². The van der Waals surface area contributed by atoms with Crippen molar-refractivity contribution in [3.63, 3.8) is 0 Å². The van der Waals surface area contributed by atoms with E-state index in [4.69, 9.17) is 0 Å². The Kier molecular flexibility index (Phi) is 4.80. The molecule has 0 aromatic heterocycles. The van der Waals surface area contributed by atoms with E-state index in [1.165, 1.54) is 11.2 Å². The van der Waals surface area contributed by atoms with Gasteiger partial charge in [-0.05, 0) is 68.7 Å². The molecule has 0 bridgehead atoms. The van der Waals surface area contributed by atoms with E-state index in [0.29, 0.717) is 18.7 Å². The fraction of sp³-hybridized carbons (Fsp3) is 0.350. The molecular weight excluding hydrogens is 348 g/mol. The van der Waals surface area contributed by atoms with Crippen molar-refractivity contribution >= 4 is 27.3 Å². The highest BCUT2D eigenvalue weighted by molar-refractivity contribution is 7.92. The summed E-state index contributed by atoms with van der Waals surface area (Å²) >= 11 is 0. The Morgan fingerprint density at radius 2 is 1.96 bits per heavy atom. The molecular formula is C20H24N2O3S. The molecule has 1 aliphatic rings. The third-order valence-electron chi connectivity index (χ3n) is 4.77. The number of amides is 1. The zero-order valence-corrected chi connectivity index (χ0v) is 16.4. The topological polar surface area (TPSA) is 57.7 Å². The molecule has 0 radical (unpaired) electrons. The zero-order chi connectivity index (χ0) is 19.1. The Hall–Kier alpha value is -2.34. The largest absolute Gasteiger partial charge is 0.309 e. The highest BCUT2D eigenvalue weighted by Gasteiger charge is 2.31. The molecule has 1 unspecified atom stereocenters. The van der Waals surface area contributed by atoms with Crippen molar-refractivity contribution in [3.05, 3.63) is 53.6 Å². The summed E-state index contributed by atoms with van der Waals surface area (Å²) in [7, 11) is -3.67. The maximum Gasteiger partial charge on any atom is 0.264 e. The van der Waals surface area contributed by atoms with Crippen LogP contribution in [0.3, 0.4) is 0 Å². The number of nitrogens with zero attached hydrogens (tertiary/aromatic N) is 2. The van der Waals surface area contributed by atoms with Gasteiger partial charge in [0.15, 0.2) is 0 Å². The predicted octanol–water partition coefficient (Wildman–Crippen LogP) is 3.51. The Balaban J connectivity index is 2.03. The highest BCUT2D eigenvalue weighted by atomic mass is 32.2. The van der Waals surface area contributed by atoms with E-state index >= 15 is 0 Å². The molecule has 1 aliphatic heterocycles. The van der Waals surface area contributed by atoms with Gasteiger partial charge in [-0.15, -0.1) is 0 Å². The van der Waals surface area contributed by atoms with Crippen molar-refractivity contribution in [2.45, 2.75) is 45.1 Å². The molecule has 2 aromatic rings. The highest BCUT2D eigenvalue weighted by Crippen LogP contribution is 2.35. The molecule has 0 saturated heterocycles. The Labute approximate surface area is 155 Å². The van der Waals surface area contributed by atoms with Crippen LogP contribution in [0.15, 0.2) is 47.4 Å². The summed E-state index contributed by atoms with van der Waals surface area (Å²) in [5, 5.41) is 0. The van der Waals surface area contributed by atoms with Gasteiger partial charge in [0.2, 0.25) is 5.91 Å². The van der Waals surface area contributed by atoms with E-state index in [0.717, 1.165) is 16.8 Å². The lowest BCUT2D eigenvalue weighted by atomic mass is 10.1. The molecule has 5 nitrogen and oxygen atoms in total. The number of benzene rings is 2. The number of fused-ring (bicyclic) bond motifs is 1. The Morgan fingerprint density at radius 3 is 2.58 bits per heavy atom. The lowest BCUT2D eigenvalue weighted by Crippen LogP contribution is -2.33. The van der Waals surface area contributed by atoms with Crippen LogP contribution in [0.1, 0.15) is 31.9 Å². The van der Waals surface area contributed by atoms with Crippen LogP contribution in [0.5, 0.6) is 0 Å². The van der Waals surface area contributed by atoms with E-state index in [-0.39, 0.29) is 16.8 Å². The van der Waals surface area contributed by atoms with Gasteiger partial charge in [-0.1, -0.05) is 12.1 Å². The monoisotopic (exact) mass is 372 g/mol. The quantitative estimate of drug-likeness (QED) is 0.825. The van der Waals surface area contributed by atoms with Gasteiger partial charge in [-0.2, -0.15) is 0 Å². The van der Waals surface area contributed by atoms with Crippen molar-refractivity contribution in [1.29, 1.82) is 0 Å². The summed E-state index contributed by atoms with van der Waals surface area (Å²) in [6, 6.07) is 12.6. The number of carbonyl (C=O) groups excluding carboxylic acids is 1. The van der Waals surface area contributed by atoms with Crippen molar-refractivity contribution in [3.8, 4) is 0 Å². The van der Waals surface area contributed by atoms with Gasteiger partial charge in [-0.25, -0.2) is 8.42 Å². The van der Waals surface area contributed by atoms with Crippen LogP contribution in [0.2, 0.25) is 0 Å². The second-order valence-corrected chi connectivity index (χ2v) is 8.60. The summed E-state index contributed by atoms with van der Waals surface area (Å²) in [5.74, 6) is -0.0261. The van der Waals surface area contributed by atoms with Gasteiger partial charge in [0.25, 0.3) is 10.0 Å². The number of hydrogen-bond donors (Lipinski definition) is 0. The minimum absolute atomic E-state index is 0.0261. The van der Waals surface area contributed by atoms with Crippen molar-refractivity contribution in [1.82, 2.24) is 0 Å². The van der Waals surface area contributed by atoms with E-state index in [1.54, 1.807) is 29.2 Å². The molecule has 0 aliphatic carbocycles. The number of rotatable bonds is 4. The zero-order valence-electron chi connectivity index (χ0n) is 15.6. The lowest BCUT2D eigenvalue weighted by molar-refractivity contribution is -0.116. The number of aryl methyl sites for hydroxylation is 1. The molecule has 0 spiro atoms. The molecule has 0 fully saturated rings. The van der Waals surface area contributed by atoms with Crippen LogP contribution in [0, 0.1) is 6.92 Å². The summed E-state index contributed by atoms with van der Waals surface area (Å²) in [5.41, 5.74) is 3.37. The van der Waals surface area contributed by atoms with Crippen LogP contribution in [0.25, 0.3) is 0 Å². The molecule has 6 heteroatoms. The fourth-order valence-corrected chi connectivity index (χ4v) is 5.17. The third-order valence-corrected chi connectivity index (χ3v) is 6.67. The van der Waals surface area contributed by atoms with Crippen LogP contribution < -0.4 is 9.21 Å². The lowest BCUT2D eigenvalue weighted by Gasteiger charge is -2.24. The first-order chi connectivity index (χ1) is 12.3. The first kappa shape index (κ1) is 18.5. The maximum atomic E-state index is 13.2. The first-order valence-corrected chi connectivity index (χ1v) is 10.2. The number of carbonyl (C=O) groups is 1. The fourth-order valence-electron chi connectivity index (χ4n) is 3.65.